The number of likely N-dealkylation sites (tertiary alicyclic amines) is 2. The normalized spacial score (nSPS) is 18.9. The fourth-order valence-corrected chi connectivity index (χ4v) is 4.34. The highest BCUT2D eigenvalue weighted by Gasteiger charge is 2.36. The Bertz CT molecular complexity index is 751. The van der Waals surface area contributed by atoms with Crippen LogP contribution in [0.5, 0.6) is 0 Å². The highest BCUT2D eigenvalue weighted by molar-refractivity contribution is 5.97. The molecule has 2 saturated heterocycles. The summed E-state index contributed by atoms with van der Waals surface area (Å²) in [5.41, 5.74) is 0.334. The third-order valence-corrected chi connectivity index (χ3v) is 6.14. The lowest BCUT2D eigenvalue weighted by atomic mass is 9.87. The van der Waals surface area contributed by atoms with Crippen molar-refractivity contribution in [2.75, 3.05) is 26.2 Å². The topological polar surface area (TPSA) is 69.7 Å². The van der Waals surface area contributed by atoms with Crippen molar-refractivity contribution in [3.63, 3.8) is 0 Å². The third-order valence-electron chi connectivity index (χ3n) is 6.14. The molecule has 164 valence electrons. The number of carbonyl (C=O) groups excluding carboxylic acids is 3. The van der Waals surface area contributed by atoms with E-state index in [-0.39, 0.29) is 29.6 Å². The summed E-state index contributed by atoms with van der Waals surface area (Å²) >= 11 is 0. The lowest BCUT2D eigenvalue weighted by Gasteiger charge is -2.39. The zero-order chi connectivity index (χ0) is 21.7. The summed E-state index contributed by atoms with van der Waals surface area (Å²) in [6, 6.07) is 4.71. The van der Waals surface area contributed by atoms with Crippen LogP contribution in [0.4, 0.5) is 4.39 Å². The third kappa shape index (κ3) is 5.37. The number of rotatable bonds is 5. The van der Waals surface area contributed by atoms with E-state index >= 15 is 0 Å². The van der Waals surface area contributed by atoms with Gasteiger partial charge in [0.25, 0.3) is 5.91 Å². The molecule has 2 fully saturated rings. The van der Waals surface area contributed by atoms with Gasteiger partial charge in [-0.1, -0.05) is 13.8 Å². The number of nitrogens with one attached hydrogen (secondary N) is 1. The molecule has 0 bridgehead atoms. The minimum Gasteiger partial charge on any atom is -0.342 e. The van der Waals surface area contributed by atoms with E-state index in [2.05, 4.69) is 5.32 Å². The van der Waals surface area contributed by atoms with Gasteiger partial charge < -0.3 is 15.1 Å². The Kier molecular flexibility index (Phi) is 7.45. The molecular weight excluding hydrogens is 385 g/mol. The molecule has 0 spiro atoms. The number of piperidine rings is 2. The standard InChI is InChI=1S/C23H32FN3O3/c1-16(2)22(29)27-14-10-17(11-15-27)20(23(30)26-12-4-3-5-13-26)25-21(28)18-6-8-19(24)9-7-18/h6-9,16-17,20H,3-5,10-15H2,1-2H3,(H,25,28)/t20-/m0/s1. The van der Waals surface area contributed by atoms with Crippen molar-refractivity contribution in [2.45, 2.75) is 52.0 Å². The molecule has 1 aromatic rings. The van der Waals surface area contributed by atoms with Crippen LogP contribution in [0.25, 0.3) is 0 Å². The highest BCUT2D eigenvalue weighted by atomic mass is 19.1. The largest absolute Gasteiger partial charge is 0.342 e. The molecule has 0 aliphatic carbocycles. The Hall–Kier alpha value is -2.44. The van der Waals surface area contributed by atoms with Crippen LogP contribution in [0.2, 0.25) is 0 Å². The van der Waals surface area contributed by atoms with Gasteiger partial charge in [0.1, 0.15) is 11.9 Å². The van der Waals surface area contributed by atoms with Crippen molar-refractivity contribution in [1.82, 2.24) is 15.1 Å². The molecule has 7 heteroatoms. The number of hydrogen-bond acceptors (Lipinski definition) is 3. The average Bonchev–Trinajstić information content (AvgIpc) is 2.77. The summed E-state index contributed by atoms with van der Waals surface area (Å²) in [5.74, 6) is -0.771. The molecule has 1 aromatic carbocycles. The number of halogens is 1. The van der Waals surface area contributed by atoms with E-state index in [1.54, 1.807) is 0 Å². The number of hydrogen-bond donors (Lipinski definition) is 1. The van der Waals surface area contributed by atoms with Crippen LogP contribution >= 0.6 is 0 Å². The second kappa shape index (κ2) is 10.0. The van der Waals surface area contributed by atoms with Crippen molar-refractivity contribution in [3.05, 3.63) is 35.6 Å². The van der Waals surface area contributed by atoms with Crippen molar-refractivity contribution in [3.8, 4) is 0 Å². The van der Waals surface area contributed by atoms with Crippen LogP contribution < -0.4 is 5.32 Å². The molecule has 0 unspecified atom stereocenters. The van der Waals surface area contributed by atoms with E-state index in [1.165, 1.54) is 24.3 Å². The van der Waals surface area contributed by atoms with Crippen molar-refractivity contribution < 1.29 is 18.8 Å². The molecule has 0 saturated carbocycles. The molecular formula is C23H32FN3O3. The van der Waals surface area contributed by atoms with Crippen molar-refractivity contribution >= 4 is 17.7 Å². The Morgan fingerprint density at radius 1 is 0.900 bits per heavy atom. The van der Waals surface area contributed by atoms with Gasteiger partial charge in [0.05, 0.1) is 0 Å². The number of carbonyl (C=O) groups is 3. The number of benzene rings is 1. The lowest BCUT2D eigenvalue weighted by Crippen LogP contribution is -2.55. The van der Waals surface area contributed by atoms with Crippen molar-refractivity contribution in [1.29, 1.82) is 0 Å². The first-order valence-corrected chi connectivity index (χ1v) is 11.0. The van der Waals surface area contributed by atoms with E-state index in [9.17, 15) is 18.8 Å². The molecule has 1 N–H and O–H groups in total. The van der Waals surface area contributed by atoms with Gasteiger partial charge in [-0.25, -0.2) is 4.39 Å². The first kappa shape index (κ1) is 22.2. The Balaban J connectivity index is 1.72. The Labute approximate surface area is 177 Å². The lowest BCUT2D eigenvalue weighted by molar-refractivity contribution is -0.138. The first-order valence-electron chi connectivity index (χ1n) is 11.0. The van der Waals surface area contributed by atoms with Gasteiger partial charge in [0.15, 0.2) is 0 Å². The van der Waals surface area contributed by atoms with Gasteiger partial charge in [-0.2, -0.15) is 0 Å². The van der Waals surface area contributed by atoms with Gasteiger partial charge in [0, 0.05) is 37.7 Å². The molecule has 2 heterocycles. The van der Waals surface area contributed by atoms with E-state index in [0.29, 0.717) is 44.6 Å². The molecule has 1 atom stereocenters. The molecule has 3 rings (SSSR count). The van der Waals surface area contributed by atoms with Crippen LogP contribution in [0.15, 0.2) is 24.3 Å². The van der Waals surface area contributed by atoms with Crippen LogP contribution in [0.1, 0.15) is 56.3 Å². The van der Waals surface area contributed by atoms with Crippen molar-refractivity contribution in [2.24, 2.45) is 11.8 Å². The zero-order valence-electron chi connectivity index (χ0n) is 17.9. The van der Waals surface area contributed by atoms with E-state index in [0.717, 1.165) is 19.3 Å². The quantitative estimate of drug-likeness (QED) is 0.801. The van der Waals surface area contributed by atoms with E-state index in [1.807, 2.05) is 23.6 Å². The van der Waals surface area contributed by atoms with Crippen LogP contribution in [0.3, 0.4) is 0 Å². The maximum Gasteiger partial charge on any atom is 0.251 e. The fourth-order valence-electron chi connectivity index (χ4n) is 4.34. The maximum absolute atomic E-state index is 13.3. The summed E-state index contributed by atoms with van der Waals surface area (Å²) in [6.45, 7) is 6.40. The fraction of sp³-hybridized carbons (Fsp3) is 0.609. The first-order chi connectivity index (χ1) is 14.4. The van der Waals surface area contributed by atoms with Crippen LogP contribution in [-0.4, -0.2) is 59.7 Å². The molecule has 0 radical (unpaired) electrons. The summed E-state index contributed by atoms with van der Waals surface area (Å²) in [5, 5.41) is 2.93. The van der Waals surface area contributed by atoms with Gasteiger partial charge in [0.2, 0.25) is 11.8 Å². The zero-order valence-corrected chi connectivity index (χ0v) is 17.9. The number of nitrogens with zero attached hydrogens (tertiary/aromatic N) is 2. The second-order valence-corrected chi connectivity index (χ2v) is 8.66. The van der Waals surface area contributed by atoms with Crippen LogP contribution in [0, 0.1) is 17.7 Å². The monoisotopic (exact) mass is 417 g/mol. The van der Waals surface area contributed by atoms with Crippen LogP contribution in [-0.2, 0) is 9.59 Å². The van der Waals surface area contributed by atoms with Gasteiger partial charge in [-0.05, 0) is 62.3 Å². The number of amides is 3. The Morgan fingerprint density at radius 3 is 2.03 bits per heavy atom. The molecule has 30 heavy (non-hydrogen) atoms. The van der Waals surface area contributed by atoms with Gasteiger partial charge in [-0.15, -0.1) is 0 Å². The summed E-state index contributed by atoms with van der Waals surface area (Å²) in [6.07, 6.45) is 4.42. The predicted octanol–water partition coefficient (Wildman–Crippen LogP) is 2.83. The molecule has 0 aromatic heterocycles. The van der Waals surface area contributed by atoms with E-state index < -0.39 is 11.9 Å². The summed E-state index contributed by atoms with van der Waals surface area (Å²) in [7, 11) is 0. The van der Waals surface area contributed by atoms with Gasteiger partial charge in [-0.3, -0.25) is 14.4 Å². The molecule has 6 nitrogen and oxygen atoms in total. The second-order valence-electron chi connectivity index (χ2n) is 8.66. The minimum atomic E-state index is -0.628. The predicted molar refractivity (Wildman–Crippen MR) is 112 cm³/mol. The average molecular weight is 418 g/mol. The molecule has 3 amide bonds. The van der Waals surface area contributed by atoms with Gasteiger partial charge >= 0.3 is 0 Å². The van der Waals surface area contributed by atoms with E-state index in [4.69, 9.17) is 0 Å². The molecule has 2 aliphatic heterocycles. The summed E-state index contributed by atoms with van der Waals surface area (Å²) in [4.78, 5) is 42.1. The smallest absolute Gasteiger partial charge is 0.251 e. The minimum absolute atomic E-state index is 0.0277. The highest BCUT2D eigenvalue weighted by Crippen LogP contribution is 2.25. The Morgan fingerprint density at radius 2 is 1.47 bits per heavy atom. The maximum atomic E-state index is 13.3. The SMILES string of the molecule is CC(C)C(=O)N1CCC([C@H](NC(=O)c2ccc(F)cc2)C(=O)N2CCCCC2)CC1. The summed E-state index contributed by atoms with van der Waals surface area (Å²) < 4.78 is 13.2. The molecule has 2 aliphatic rings.